The number of carbonyl (C=O) groups is 2. The Balaban J connectivity index is 1.96. The third-order valence-electron chi connectivity index (χ3n) is 3.25. The van der Waals surface area contributed by atoms with Gasteiger partial charge in [-0.1, -0.05) is 0 Å². The van der Waals surface area contributed by atoms with Gasteiger partial charge >= 0.3 is 5.97 Å². The Morgan fingerprint density at radius 2 is 2.22 bits per heavy atom. The highest BCUT2D eigenvalue weighted by molar-refractivity contribution is 5.83. The van der Waals surface area contributed by atoms with Gasteiger partial charge < -0.3 is 9.64 Å². The molecule has 1 saturated heterocycles. The number of rotatable bonds is 3. The van der Waals surface area contributed by atoms with Crippen molar-refractivity contribution in [1.82, 2.24) is 9.88 Å². The number of carbonyl (C=O) groups excluding carboxylic acids is 2. The van der Waals surface area contributed by atoms with Crippen LogP contribution in [0.25, 0.3) is 0 Å². The van der Waals surface area contributed by atoms with Crippen molar-refractivity contribution in [2.24, 2.45) is 0 Å². The van der Waals surface area contributed by atoms with Crippen LogP contribution in [-0.4, -0.2) is 42.0 Å². The first-order chi connectivity index (χ1) is 8.70. The predicted molar refractivity (Wildman–Crippen MR) is 64.8 cm³/mol. The average Bonchev–Trinajstić information content (AvgIpc) is 2.42. The van der Waals surface area contributed by atoms with Crippen molar-refractivity contribution in [2.45, 2.75) is 18.8 Å². The van der Waals surface area contributed by atoms with Gasteiger partial charge in [-0.05, 0) is 30.0 Å². The van der Waals surface area contributed by atoms with Gasteiger partial charge in [-0.3, -0.25) is 14.6 Å². The van der Waals surface area contributed by atoms with E-state index < -0.39 is 0 Å². The van der Waals surface area contributed by atoms with Crippen LogP contribution in [0.2, 0.25) is 0 Å². The summed E-state index contributed by atoms with van der Waals surface area (Å²) in [5.41, 5.74) is 1.14. The highest BCUT2D eigenvalue weighted by Gasteiger charge is 2.28. The maximum Gasteiger partial charge on any atom is 0.325 e. The SMILES string of the molecule is COC(=O)CN1CC[C@@H](c2ccncc2)CC1=O. The number of methoxy groups -OCH3 is 1. The minimum absolute atomic E-state index is 0.00784. The van der Waals surface area contributed by atoms with Crippen molar-refractivity contribution in [3.8, 4) is 0 Å². The zero-order valence-corrected chi connectivity index (χ0v) is 10.3. The van der Waals surface area contributed by atoms with Crippen molar-refractivity contribution < 1.29 is 14.3 Å². The van der Waals surface area contributed by atoms with Gasteiger partial charge in [0.25, 0.3) is 0 Å². The second-order valence-corrected chi connectivity index (χ2v) is 4.36. The molecule has 1 amide bonds. The fraction of sp³-hybridized carbons (Fsp3) is 0.462. The maximum atomic E-state index is 11.9. The van der Waals surface area contributed by atoms with Crippen LogP contribution in [0.5, 0.6) is 0 Å². The van der Waals surface area contributed by atoms with E-state index in [0.29, 0.717) is 13.0 Å². The molecule has 0 spiro atoms. The van der Waals surface area contributed by atoms with Crippen molar-refractivity contribution in [2.75, 3.05) is 20.2 Å². The number of likely N-dealkylation sites (tertiary alicyclic amines) is 1. The van der Waals surface area contributed by atoms with Gasteiger partial charge in [-0.2, -0.15) is 0 Å². The second kappa shape index (κ2) is 5.62. The van der Waals surface area contributed by atoms with Crippen molar-refractivity contribution in [1.29, 1.82) is 0 Å². The Hall–Kier alpha value is -1.91. The summed E-state index contributed by atoms with van der Waals surface area (Å²) in [5.74, 6) is -0.131. The number of nitrogens with zero attached hydrogens (tertiary/aromatic N) is 2. The Labute approximate surface area is 106 Å². The van der Waals surface area contributed by atoms with E-state index in [0.717, 1.165) is 12.0 Å². The molecule has 0 saturated carbocycles. The minimum atomic E-state index is -0.370. The van der Waals surface area contributed by atoms with Gasteiger partial charge in [-0.15, -0.1) is 0 Å². The number of amides is 1. The lowest BCUT2D eigenvalue weighted by molar-refractivity contribution is -0.148. The lowest BCUT2D eigenvalue weighted by Gasteiger charge is -2.31. The van der Waals surface area contributed by atoms with E-state index in [1.807, 2.05) is 12.1 Å². The van der Waals surface area contributed by atoms with Gasteiger partial charge in [0.15, 0.2) is 0 Å². The Morgan fingerprint density at radius 3 is 2.83 bits per heavy atom. The zero-order chi connectivity index (χ0) is 13.0. The third kappa shape index (κ3) is 2.85. The molecule has 1 aromatic heterocycles. The van der Waals surface area contributed by atoms with Crippen molar-refractivity contribution >= 4 is 11.9 Å². The van der Waals surface area contributed by atoms with E-state index in [2.05, 4.69) is 9.72 Å². The summed E-state index contributed by atoms with van der Waals surface area (Å²) in [6, 6.07) is 3.88. The van der Waals surface area contributed by atoms with Gasteiger partial charge in [0.2, 0.25) is 5.91 Å². The monoisotopic (exact) mass is 248 g/mol. The van der Waals surface area contributed by atoms with Crippen LogP contribution < -0.4 is 0 Å². The van der Waals surface area contributed by atoms with E-state index in [1.165, 1.54) is 7.11 Å². The van der Waals surface area contributed by atoms with Crippen LogP contribution in [0, 0.1) is 0 Å². The predicted octanol–water partition coefficient (Wildman–Crippen LogP) is 0.961. The van der Waals surface area contributed by atoms with Crippen LogP contribution in [0.15, 0.2) is 24.5 Å². The fourth-order valence-corrected chi connectivity index (χ4v) is 2.19. The first kappa shape index (κ1) is 12.5. The molecule has 2 heterocycles. The van der Waals surface area contributed by atoms with Gasteiger partial charge in [0, 0.05) is 25.4 Å². The molecular formula is C13H16N2O3. The van der Waals surface area contributed by atoms with Crippen LogP contribution in [0.4, 0.5) is 0 Å². The highest BCUT2D eigenvalue weighted by atomic mass is 16.5. The van der Waals surface area contributed by atoms with E-state index in [-0.39, 0.29) is 24.3 Å². The molecule has 1 aliphatic rings. The molecule has 18 heavy (non-hydrogen) atoms. The topological polar surface area (TPSA) is 59.5 Å². The molecule has 96 valence electrons. The quantitative estimate of drug-likeness (QED) is 0.748. The molecule has 1 atom stereocenters. The third-order valence-corrected chi connectivity index (χ3v) is 3.25. The van der Waals surface area contributed by atoms with Crippen LogP contribution in [0.3, 0.4) is 0 Å². The van der Waals surface area contributed by atoms with E-state index in [4.69, 9.17) is 0 Å². The Kier molecular flexibility index (Phi) is 3.92. The number of ether oxygens (including phenoxy) is 1. The molecule has 5 heteroatoms. The van der Waals surface area contributed by atoms with E-state index >= 15 is 0 Å². The van der Waals surface area contributed by atoms with Crippen LogP contribution >= 0.6 is 0 Å². The number of pyridine rings is 1. The molecule has 1 fully saturated rings. The number of aromatic nitrogens is 1. The Morgan fingerprint density at radius 1 is 1.50 bits per heavy atom. The van der Waals surface area contributed by atoms with Crippen molar-refractivity contribution in [3.05, 3.63) is 30.1 Å². The molecule has 5 nitrogen and oxygen atoms in total. The van der Waals surface area contributed by atoms with E-state index in [1.54, 1.807) is 17.3 Å². The lowest BCUT2D eigenvalue weighted by Crippen LogP contribution is -2.41. The smallest absolute Gasteiger partial charge is 0.325 e. The summed E-state index contributed by atoms with van der Waals surface area (Å²) in [7, 11) is 1.33. The molecule has 0 radical (unpaired) electrons. The molecule has 0 unspecified atom stereocenters. The van der Waals surface area contributed by atoms with Gasteiger partial charge in [0.05, 0.1) is 7.11 Å². The molecule has 1 aliphatic heterocycles. The number of piperidine rings is 1. The number of hydrogen-bond donors (Lipinski definition) is 0. The Bertz CT molecular complexity index is 433. The molecule has 0 N–H and O–H groups in total. The maximum absolute atomic E-state index is 11.9. The molecule has 0 aromatic carbocycles. The largest absolute Gasteiger partial charge is 0.468 e. The summed E-state index contributed by atoms with van der Waals surface area (Å²) < 4.78 is 4.57. The molecule has 0 bridgehead atoms. The van der Waals surface area contributed by atoms with Gasteiger partial charge in [0.1, 0.15) is 6.54 Å². The molecular weight excluding hydrogens is 232 g/mol. The fourth-order valence-electron chi connectivity index (χ4n) is 2.19. The summed E-state index contributed by atoms with van der Waals surface area (Å²) >= 11 is 0. The summed E-state index contributed by atoms with van der Waals surface area (Å²) in [6.07, 6.45) is 4.79. The summed E-state index contributed by atoms with van der Waals surface area (Å²) in [4.78, 5) is 28.6. The standard InChI is InChI=1S/C13H16N2O3/c1-18-13(17)9-15-7-4-11(8-12(15)16)10-2-5-14-6-3-10/h2-3,5-6,11H,4,7-9H2,1H3/t11-/m1/s1. The first-order valence-corrected chi connectivity index (χ1v) is 5.95. The molecule has 0 aliphatic carbocycles. The van der Waals surface area contributed by atoms with Crippen LogP contribution in [-0.2, 0) is 14.3 Å². The van der Waals surface area contributed by atoms with Crippen molar-refractivity contribution in [3.63, 3.8) is 0 Å². The molecule has 1 aromatic rings. The van der Waals surface area contributed by atoms with Gasteiger partial charge in [-0.25, -0.2) is 0 Å². The normalized spacial score (nSPS) is 19.7. The molecule has 2 rings (SSSR count). The lowest BCUT2D eigenvalue weighted by atomic mass is 9.89. The average molecular weight is 248 g/mol. The first-order valence-electron chi connectivity index (χ1n) is 5.95. The zero-order valence-electron chi connectivity index (χ0n) is 10.3. The van der Waals surface area contributed by atoms with E-state index in [9.17, 15) is 9.59 Å². The van der Waals surface area contributed by atoms with Crippen LogP contribution in [0.1, 0.15) is 24.3 Å². The highest BCUT2D eigenvalue weighted by Crippen LogP contribution is 2.28. The number of hydrogen-bond acceptors (Lipinski definition) is 4. The second-order valence-electron chi connectivity index (χ2n) is 4.36. The summed E-state index contributed by atoms with van der Waals surface area (Å²) in [6.45, 7) is 0.652. The minimum Gasteiger partial charge on any atom is -0.468 e. The summed E-state index contributed by atoms with van der Waals surface area (Å²) in [5, 5.41) is 0. The number of esters is 1.